The van der Waals surface area contributed by atoms with E-state index in [1.807, 2.05) is 6.92 Å². The van der Waals surface area contributed by atoms with Crippen LogP contribution in [-0.2, 0) is 19.4 Å². The Morgan fingerprint density at radius 2 is 2.04 bits per heavy atom. The van der Waals surface area contributed by atoms with Gasteiger partial charge in [-0.05, 0) is 24.1 Å². The molecule has 4 rings (SSSR count). The van der Waals surface area contributed by atoms with Gasteiger partial charge in [-0.3, -0.25) is 9.80 Å². The second-order valence-corrected chi connectivity index (χ2v) is 6.93. The van der Waals surface area contributed by atoms with Gasteiger partial charge in [0.05, 0.1) is 12.6 Å². The van der Waals surface area contributed by atoms with Gasteiger partial charge in [-0.1, -0.05) is 24.2 Å². The van der Waals surface area contributed by atoms with Crippen LogP contribution in [0.25, 0.3) is 0 Å². The molecule has 2 aromatic rings. The lowest BCUT2D eigenvalue weighted by Gasteiger charge is -2.36. The minimum Gasteiger partial charge on any atom is -0.493 e. The molecule has 1 aromatic carbocycles. The Labute approximate surface area is 148 Å². The number of fused-ring (bicyclic) bond motifs is 1. The maximum Gasteiger partial charge on any atom is 0.243 e. The number of hydrogen-bond donors (Lipinski definition) is 0. The van der Waals surface area contributed by atoms with Crippen LogP contribution >= 0.6 is 0 Å². The molecule has 1 atom stereocenters. The summed E-state index contributed by atoms with van der Waals surface area (Å²) in [6.07, 6.45) is 1.86. The van der Waals surface area contributed by atoms with Crippen LogP contribution in [-0.4, -0.2) is 52.7 Å². The molecule has 25 heavy (non-hydrogen) atoms. The fraction of sp³-hybridized carbons (Fsp3) is 0.579. The van der Waals surface area contributed by atoms with E-state index >= 15 is 0 Å². The molecule has 0 saturated carbocycles. The highest BCUT2D eigenvalue weighted by atomic mass is 16.5. The van der Waals surface area contributed by atoms with Crippen molar-refractivity contribution in [3.05, 3.63) is 41.0 Å². The van der Waals surface area contributed by atoms with E-state index in [4.69, 9.17) is 9.26 Å². The van der Waals surface area contributed by atoms with Crippen LogP contribution < -0.4 is 4.74 Å². The van der Waals surface area contributed by atoms with Gasteiger partial charge in [-0.25, -0.2) is 0 Å². The smallest absolute Gasteiger partial charge is 0.243 e. The lowest BCUT2D eigenvalue weighted by Crippen LogP contribution is -2.46. The van der Waals surface area contributed by atoms with E-state index in [0.717, 1.165) is 69.6 Å². The fourth-order valence-corrected chi connectivity index (χ4v) is 3.64. The summed E-state index contributed by atoms with van der Waals surface area (Å²) < 4.78 is 11.0. The molecular weight excluding hydrogens is 316 g/mol. The van der Waals surface area contributed by atoms with Crippen LogP contribution in [0.15, 0.2) is 22.7 Å². The van der Waals surface area contributed by atoms with Gasteiger partial charge in [0.25, 0.3) is 0 Å². The van der Waals surface area contributed by atoms with Gasteiger partial charge < -0.3 is 9.26 Å². The Morgan fingerprint density at radius 1 is 1.20 bits per heavy atom. The van der Waals surface area contributed by atoms with E-state index < -0.39 is 0 Å². The number of nitrogens with zero attached hydrogens (tertiary/aromatic N) is 4. The Balaban J connectivity index is 1.32. The molecule has 134 valence electrons. The molecule has 6 nitrogen and oxygen atoms in total. The van der Waals surface area contributed by atoms with Gasteiger partial charge in [0.1, 0.15) is 5.75 Å². The molecule has 0 unspecified atom stereocenters. The number of rotatable bonds is 5. The molecule has 6 heteroatoms. The molecule has 0 aliphatic carbocycles. The normalized spacial score (nSPS) is 19.6. The third-order valence-corrected chi connectivity index (χ3v) is 5.27. The third-order valence-electron chi connectivity index (χ3n) is 5.27. The van der Waals surface area contributed by atoms with Crippen molar-refractivity contribution in [2.45, 2.75) is 39.3 Å². The van der Waals surface area contributed by atoms with E-state index in [2.05, 4.69) is 45.1 Å². The minimum atomic E-state index is 0.187. The Morgan fingerprint density at radius 3 is 2.80 bits per heavy atom. The van der Waals surface area contributed by atoms with E-state index in [0.29, 0.717) is 0 Å². The second kappa shape index (κ2) is 7.14. The average Bonchev–Trinajstić information content (AvgIpc) is 3.30. The lowest BCUT2D eigenvalue weighted by molar-refractivity contribution is 0.0845. The quantitative estimate of drug-likeness (QED) is 0.832. The predicted octanol–water partition coefficient (Wildman–Crippen LogP) is 2.45. The van der Waals surface area contributed by atoms with Crippen LogP contribution in [0.2, 0.25) is 0 Å². The molecule has 0 bridgehead atoms. The summed E-state index contributed by atoms with van der Waals surface area (Å²) in [4.78, 5) is 9.43. The maximum absolute atomic E-state index is 5.60. The van der Waals surface area contributed by atoms with E-state index in [-0.39, 0.29) is 6.04 Å². The SMILES string of the molecule is CCc1noc([C@@H](C)N2CCN(Cc3ccc4c(c3)CCO4)CC2)n1. The average molecular weight is 342 g/mol. The molecule has 2 aliphatic rings. The van der Waals surface area contributed by atoms with Crippen LogP contribution in [0.5, 0.6) is 5.75 Å². The minimum absolute atomic E-state index is 0.187. The summed E-state index contributed by atoms with van der Waals surface area (Å²) in [5.74, 6) is 2.60. The Kier molecular flexibility index (Phi) is 4.72. The number of aromatic nitrogens is 2. The van der Waals surface area contributed by atoms with Crippen LogP contribution in [0, 0.1) is 0 Å². The van der Waals surface area contributed by atoms with Gasteiger partial charge in [0, 0.05) is 45.6 Å². The number of piperazine rings is 1. The molecule has 1 fully saturated rings. The van der Waals surface area contributed by atoms with E-state index in [1.165, 1.54) is 11.1 Å². The van der Waals surface area contributed by atoms with Crippen molar-refractivity contribution in [3.8, 4) is 5.75 Å². The van der Waals surface area contributed by atoms with Gasteiger partial charge in [-0.15, -0.1) is 0 Å². The van der Waals surface area contributed by atoms with Crippen molar-refractivity contribution in [2.24, 2.45) is 0 Å². The Bertz CT molecular complexity index is 722. The molecule has 1 saturated heterocycles. The number of hydrogen-bond acceptors (Lipinski definition) is 6. The second-order valence-electron chi connectivity index (χ2n) is 6.93. The molecule has 0 spiro atoms. The first-order valence-electron chi connectivity index (χ1n) is 9.26. The number of ether oxygens (including phenoxy) is 1. The summed E-state index contributed by atoms with van der Waals surface area (Å²) in [5.41, 5.74) is 2.74. The first-order chi connectivity index (χ1) is 12.2. The summed E-state index contributed by atoms with van der Waals surface area (Å²) in [5, 5.41) is 4.02. The zero-order chi connectivity index (χ0) is 17.2. The van der Waals surface area contributed by atoms with Crippen molar-refractivity contribution < 1.29 is 9.26 Å². The molecule has 3 heterocycles. The standard InChI is InChI=1S/C19H26N4O2/c1-3-18-20-19(25-21-18)14(2)23-9-7-22(8-10-23)13-15-4-5-17-16(12-15)6-11-24-17/h4-5,12,14H,3,6-11,13H2,1-2H3/t14-/m1/s1. The predicted molar refractivity (Wildman–Crippen MR) is 94.6 cm³/mol. The van der Waals surface area contributed by atoms with Crippen molar-refractivity contribution in [1.29, 1.82) is 0 Å². The summed E-state index contributed by atoms with van der Waals surface area (Å²) >= 11 is 0. The van der Waals surface area contributed by atoms with Crippen LogP contribution in [0.1, 0.15) is 42.7 Å². The Hall–Kier alpha value is -1.92. The third kappa shape index (κ3) is 3.55. The summed E-state index contributed by atoms with van der Waals surface area (Å²) in [7, 11) is 0. The molecule has 0 radical (unpaired) electrons. The first kappa shape index (κ1) is 16.5. The molecule has 1 aromatic heterocycles. The highest BCUT2D eigenvalue weighted by molar-refractivity contribution is 5.39. The highest BCUT2D eigenvalue weighted by Crippen LogP contribution is 2.27. The number of benzene rings is 1. The van der Waals surface area contributed by atoms with E-state index in [9.17, 15) is 0 Å². The van der Waals surface area contributed by atoms with Crippen LogP contribution in [0.4, 0.5) is 0 Å². The molecular formula is C19H26N4O2. The van der Waals surface area contributed by atoms with Crippen molar-refractivity contribution in [3.63, 3.8) is 0 Å². The van der Waals surface area contributed by atoms with Crippen molar-refractivity contribution in [1.82, 2.24) is 19.9 Å². The first-order valence-corrected chi connectivity index (χ1v) is 9.26. The molecule has 0 amide bonds. The van der Waals surface area contributed by atoms with Crippen LogP contribution in [0.3, 0.4) is 0 Å². The van der Waals surface area contributed by atoms with Crippen molar-refractivity contribution in [2.75, 3.05) is 32.8 Å². The van der Waals surface area contributed by atoms with Gasteiger partial charge in [-0.2, -0.15) is 4.98 Å². The topological polar surface area (TPSA) is 54.6 Å². The largest absolute Gasteiger partial charge is 0.493 e. The van der Waals surface area contributed by atoms with Crippen molar-refractivity contribution >= 4 is 0 Å². The zero-order valence-corrected chi connectivity index (χ0v) is 15.1. The number of aryl methyl sites for hydroxylation is 1. The highest BCUT2D eigenvalue weighted by Gasteiger charge is 2.25. The van der Waals surface area contributed by atoms with Gasteiger partial charge in [0.15, 0.2) is 5.82 Å². The maximum atomic E-state index is 5.60. The molecule has 0 N–H and O–H groups in total. The fourth-order valence-electron chi connectivity index (χ4n) is 3.64. The molecule has 2 aliphatic heterocycles. The van der Waals surface area contributed by atoms with Gasteiger partial charge in [0.2, 0.25) is 5.89 Å². The zero-order valence-electron chi connectivity index (χ0n) is 15.1. The lowest BCUT2D eigenvalue weighted by atomic mass is 10.1. The van der Waals surface area contributed by atoms with E-state index in [1.54, 1.807) is 0 Å². The van der Waals surface area contributed by atoms with Gasteiger partial charge >= 0.3 is 0 Å². The monoisotopic (exact) mass is 342 g/mol. The summed E-state index contributed by atoms with van der Waals surface area (Å²) in [6.45, 7) is 10.2. The summed E-state index contributed by atoms with van der Waals surface area (Å²) in [6, 6.07) is 6.81.